The highest BCUT2D eigenvalue weighted by atomic mass is 14.7. The van der Waals surface area contributed by atoms with Crippen LogP contribution in [0.25, 0.3) is 0 Å². The molecule has 0 aromatic heterocycles. The van der Waals surface area contributed by atoms with Crippen molar-refractivity contribution in [3.63, 3.8) is 0 Å². The molecule has 0 N–H and O–H groups in total. The van der Waals surface area contributed by atoms with Crippen LogP contribution < -0.4 is 0 Å². The van der Waals surface area contributed by atoms with Crippen molar-refractivity contribution in [2.45, 2.75) is 13.3 Å². The second kappa shape index (κ2) is 4.61. The molecule has 0 unspecified atom stereocenters. The summed E-state index contributed by atoms with van der Waals surface area (Å²) in [6.45, 7) is 5.82. The molecule has 0 fully saturated rings. The van der Waals surface area contributed by atoms with Crippen molar-refractivity contribution in [2.24, 2.45) is 4.99 Å². The number of hydrogen-bond acceptors (Lipinski definition) is 1. The summed E-state index contributed by atoms with van der Waals surface area (Å²) in [5.41, 5.74) is 3.38. The largest absolute Gasteiger partial charge is 0.288 e. The number of aliphatic imine (C=N–C) groups is 1. The van der Waals surface area contributed by atoms with E-state index in [0.717, 1.165) is 12.1 Å². The van der Waals surface area contributed by atoms with Crippen LogP contribution in [0.1, 0.15) is 13.3 Å². The number of allylic oxidation sites excluding steroid dienone is 7. The van der Waals surface area contributed by atoms with E-state index in [2.05, 4.69) is 42.8 Å². The monoisotopic (exact) mass is 173 g/mol. The van der Waals surface area contributed by atoms with Crippen LogP contribution in [-0.4, -0.2) is 12.8 Å². The highest BCUT2D eigenvalue weighted by Crippen LogP contribution is 2.13. The number of hydrogen-bond donors (Lipinski definition) is 0. The van der Waals surface area contributed by atoms with Crippen molar-refractivity contribution in [2.75, 3.05) is 7.05 Å². The summed E-state index contributed by atoms with van der Waals surface area (Å²) in [5.74, 6) is 0. The summed E-state index contributed by atoms with van der Waals surface area (Å²) < 4.78 is 0. The van der Waals surface area contributed by atoms with Gasteiger partial charge in [-0.3, -0.25) is 4.99 Å². The van der Waals surface area contributed by atoms with Crippen LogP contribution in [0, 0.1) is 0 Å². The Morgan fingerprint density at radius 2 is 2.15 bits per heavy atom. The maximum absolute atomic E-state index is 4.23. The van der Waals surface area contributed by atoms with E-state index in [-0.39, 0.29) is 0 Å². The Labute approximate surface area is 79.9 Å². The van der Waals surface area contributed by atoms with Crippen LogP contribution in [0.15, 0.2) is 53.1 Å². The van der Waals surface area contributed by atoms with Gasteiger partial charge in [0.05, 0.1) is 5.71 Å². The van der Waals surface area contributed by atoms with Crippen LogP contribution in [-0.2, 0) is 0 Å². The van der Waals surface area contributed by atoms with Gasteiger partial charge in [0.15, 0.2) is 0 Å². The second-order valence-electron chi connectivity index (χ2n) is 2.95. The number of rotatable bonds is 1. The van der Waals surface area contributed by atoms with Crippen LogP contribution in [0.3, 0.4) is 0 Å². The van der Waals surface area contributed by atoms with E-state index in [9.17, 15) is 0 Å². The van der Waals surface area contributed by atoms with E-state index in [1.54, 1.807) is 0 Å². The Hall–Kier alpha value is -1.37. The summed E-state index contributed by atoms with van der Waals surface area (Å²) in [4.78, 5) is 4.23. The average Bonchev–Trinajstić information content (AvgIpc) is 2.41. The minimum atomic E-state index is 0.979. The molecule has 0 atom stereocenters. The molecule has 0 saturated heterocycles. The minimum absolute atomic E-state index is 0.979. The molecule has 0 heterocycles. The van der Waals surface area contributed by atoms with Crippen LogP contribution in [0.2, 0.25) is 0 Å². The molecule has 0 aromatic carbocycles. The van der Waals surface area contributed by atoms with E-state index in [4.69, 9.17) is 0 Å². The Bertz CT molecular complexity index is 314. The first-order valence-electron chi connectivity index (χ1n) is 4.43. The minimum Gasteiger partial charge on any atom is -0.288 e. The SMILES string of the molecule is C=C/C(C)=C1/C=CCC=CC1=NC. The maximum atomic E-state index is 4.23. The molecule has 68 valence electrons. The van der Waals surface area contributed by atoms with E-state index in [0.29, 0.717) is 0 Å². The Morgan fingerprint density at radius 1 is 1.46 bits per heavy atom. The normalized spacial score (nSPS) is 23.1. The van der Waals surface area contributed by atoms with Gasteiger partial charge in [0.1, 0.15) is 0 Å². The standard InChI is InChI=1S/C12H15N/c1-4-10(2)11-8-6-5-7-9-12(11)13-3/h4,6-9H,1,5H2,2-3H3/b11-10-,13-12?. The molecular weight excluding hydrogens is 158 g/mol. The first kappa shape index (κ1) is 9.72. The Morgan fingerprint density at radius 3 is 2.77 bits per heavy atom. The third kappa shape index (κ3) is 2.28. The van der Waals surface area contributed by atoms with Crippen LogP contribution in [0.4, 0.5) is 0 Å². The van der Waals surface area contributed by atoms with Gasteiger partial charge in [0.25, 0.3) is 0 Å². The zero-order valence-corrected chi connectivity index (χ0v) is 8.25. The zero-order chi connectivity index (χ0) is 9.68. The molecule has 0 aliphatic heterocycles. The Balaban J connectivity index is 3.19. The van der Waals surface area contributed by atoms with Crippen LogP contribution >= 0.6 is 0 Å². The van der Waals surface area contributed by atoms with Crippen molar-refractivity contribution in [3.05, 3.63) is 48.1 Å². The molecule has 1 rings (SSSR count). The molecule has 0 saturated carbocycles. The second-order valence-corrected chi connectivity index (χ2v) is 2.95. The first-order chi connectivity index (χ1) is 6.29. The van der Waals surface area contributed by atoms with Gasteiger partial charge >= 0.3 is 0 Å². The fourth-order valence-electron chi connectivity index (χ4n) is 1.26. The molecule has 0 amide bonds. The molecule has 1 aliphatic rings. The van der Waals surface area contributed by atoms with Crippen molar-refractivity contribution in [1.29, 1.82) is 0 Å². The smallest absolute Gasteiger partial charge is 0.0642 e. The lowest BCUT2D eigenvalue weighted by Crippen LogP contribution is -1.98. The average molecular weight is 173 g/mol. The third-order valence-corrected chi connectivity index (χ3v) is 2.08. The fourth-order valence-corrected chi connectivity index (χ4v) is 1.26. The topological polar surface area (TPSA) is 12.4 Å². The van der Waals surface area contributed by atoms with Gasteiger partial charge in [-0.1, -0.05) is 30.9 Å². The highest BCUT2D eigenvalue weighted by Gasteiger charge is 2.03. The van der Waals surface area contributed by atoms with Crippen LogP contribution in [0.5, 0.6) is 0 Å². The van der Waals surface area contributed by atoms with Gasteiger partial charge in [0.2, 0.25) is 0 Å². The van der Waals surface area contributed by atoms with Crippen molar-refractivity contribution in [1.82, 2.24) is 0 Å². The van der Waals surface area contributed by atoms with Crippen molar-refractivity contribution >= 4 is 5.71 Å². The molecule has 0 bridgehead atoms. The molecule has 0 spiro atoms. The summed E-state index contributed by atoms with van der Waals surface area (Å²) in [5, 5.41) is 0. The van der Waals surface area contributed by atoms with E-state index in [1.165, 1.54) is 11.1 Å². The van der Waals surface area contributed by atoms with Gasteiger partial charge in [-0.2, -0.15) is 0 Å². The maximum Gasteiger partial charge on any atom is 0.0642 e. The van der Waals surface area contributed by atoms with Gasteiger partial charge in [0, 0.05) is 12.6 Å². The first-order valence-corrected chi connectivity index (χ1v) is 4.43. The van der Waals surface area contributed by atoms with Gasteiger partial charge in [-0.15, -0.1) is 0 Å². The van der Waals surface area contributed by atoms with E-state index >= 15 is 0 Å². The zero-order valence-electron chi connectivity index (χ0n) is 8.25. The molecule has 1 heteroatoms. The summed E-state index contributed by atoms with van der Waals surface area (Å²) >= 11 is 0. The third-order valence-electron chi connectivity index (χ3n) is 2.08. The summed E-state index contributed by atoms with van der Waals surface area (Å²) in [6.07, 6.45) is 11.3. The van der Waals surface area contributed by atoms with Crippen molar-refractivity contribution in [3.8, 4) is 0 Å². The molecule has 13 heavy (non-hydrogen) atoms. The molecular formula is C12H15N. The van der Waals surface area contributed by atoms with Crippen molar-refractivity contribution < 1.29 is 0 Å². The van der Waals surface area contributed by atoms with E-state index < -0.39 is 0 Å². The molecule has 0 radical (unpaired) electrons. The molecule has 0 aromatic rings. The molecule has 1 nitrogen and oxygen atoms in total. The Kier molecular flexibility index (Phi) is 3.44. The quantitative estimate of drug-likeness (QED) is 0.578. The fraction of sp³-hybridized carbons (Fsp3) is 0.250. The highest BCUT2D eigenvalue weighted by molar-refractivity contribution is 6.11. The molecule has 1 aliphatic carbocycles. The lowest BCUT2D eigenvalue weighted by molar-refractivity contribution is 1.40. The summed E-state index contributed by atoms with van der Waals surface area (Å²) in [7, 11) is 1.81. The lowest BCUT2D eigenvalue weighted by Gasteiger charge is -2.03. The van der Waals surface area contributed by atoms with Gasteiger partial charge in [-0.25, -0.2) is 0 Å². The predicted molar refractivity (Wildman–Crippen MR) is 59.2 cm³/mol. The predicted octanol–water partition coefficient (Wildman–Crippen LogP) is 3.08. The number of nitrogens with zero attached hydrogens (tertiary/aromatic N) is 1. The lowest BCUT2D eigenvalue weighted by atomic mass is 10.0. The van der Waals surface area contributed by atoms with Gasteiger partial charge in [-0.05, 0) is 25.0 Å². The van der Waals surface area contributed by atoms with E-state index in [1.807, 2.05) is 13.1 Å². The summed E-state index contributed by atoms with van der Waals surface area (Å²) in [6, 6.07) is 0. The van der Waals surface area contributed by atoms with Gasteiger partial charge < -0.3 is 0 Å².